The first-order valence-corrected chi connectivity index (χ1v) is 8.40. The monoisotopic (exact) mass is 361 g/mol. The van der Waals surface area contributed by atoms with Crippen LogP contribution in [0.1, 0.15) is 45.9 Å². The molecule has 5 nitrogen and oxygen atoms in total. The number of methoxy groups -OCH3 is 1. The average molecular weight is 362 g/mol. The van der Waals surface area contributed by atoms with Gasteiger partial charge in [0.15, 0.2) is 0 Å². The molecule has 0 aromatic carbocycles. The summed E-state index contributed by atoms with van der Waals surface area (Å²) in [6.07, 6.45) is 2.76. The molecule has 1 N–H and O–H groups in total. The molecule has 0 saturated carbocycles. The lowest BCUT2D eigenvalue weighted by Gasteiger charge is -2.37. The lowest BCUT2D eigenvalue weighted by Crippen LogP contribution is -2.45. The van der Waals surface area contributed by atoms with Crippen molar-refractivity contribution in [3.05, 3.63) is 16.4 Å². The summed E-state index contributed by atoms with van der Waals surface area (Å²) in [6.45, 7) is 11.4. The number of nitrogens with zero attached hydrogens (tertiary/aromatic N) is 2. The highest BCUT2D eigenvalue weighted by Gasteiger charge is 2.37. The SMILES string of the molecule is CCNC(c1c(Br)cnn1CCOC)C(C)(CC)OCC. The van der Waals surface area contributed by atoms with E-state index in [1.807, 2.05) is 17.8 Å². The van der Waals surface area contributed by atoms with Gasteiger partial charge in [0, 0.05) is 13.7 Å². The lowest BCUT2D eigenvalue weighted by atomic mass is 9.90. The van der Waals surface area contributed by atoms with Crippen LogP contribution < -0.4 is 5.32 Å². The molecule has 1 rings (SSSR count). The number of hydrogen-bond acceptors (Lipinski definition) is 4. The number of likely N-dealkylation sites (N-methyl/N-ethyl adjacent to an activating group) is 1. The summed E-state index contributed by atoms with van der Waals surface area (Å²) < 4.78 is 14.3. The third-order valence-electron chi connectivity index (χ3n) is 3.81. The van der Waals surface area contributed by atoms with Crippen molar-refractivity contribution < 1.29 is 9.47 Å². The van der Waals surface area contributed by atoms with Crippen LogP contribution in [0.4, 0.5) is 0 Å². The molecule has 0 amide bonds. The fourth-order valence-corrected chi connectivity index (χ4v) is 3.07. The van der Waals surface area contributed by atoms with Gasteiger partial charge in [0.2, 0.25) is 0 Å². The average Bonchev–Trinajstić information content (AvgIpc) is 2.83. The van der Waals surface area contributed by atoms with Gasteiger partial charge >= 0.3 is 0 Å². The summed E-state index contributed by atoms with van der Waals surface area (Å²) in [7, 11) is 1.70. The normalized spacial score (nSPS) is 15.9. The summed E-state index contributed by atoms with van der Waals surface area (Å²) in [4.78, 5) is 0. The summed E-state index contributed by atoms with van der Waals surface area (Å²) in [6, 6.07) is 0.0705. The lowest BCUT2D eigenvalue weighted by molar-refractivity contribution is -0.0582. The van der Waals surface area contributed by atoms with Gasteiger partial charge in [-0.25, -0.2) is 0 Å². The zero-order valence-electron chi connectivity index (χ0n) is 13.8. The fourth-order valence-electron chi connectivity index (χ4n) is 2.54. The Labute approximate surface area is 136 Å². The molecule has 0 fully saturated rings. The van der Waals surface area contributed by atoms with Crippen molar-refractivity contribution in [1.82, 2.24) is 15.1 Å². The molecule has 1 heterocycles. The predicted molar refractivity (Wildman–Crippen MR) is 88.5 cm³/mol. The van der Waals surface area contributed by atoms with Gasteiger partial charge in [-0.05, 0) is 42.7 Å². The van der Waals surface area contributed by atoms with E-state index >= 15 is 0 Å². The largest absolute Gasteiger partial charge is 0.383 e. The minimum absolute atomic E-state index is 0.0705. The van der Waals surface area contributed by atoms with Gasteiger partial charge < -0.3 is 14.8 Å². The van der Waals surface area contributed by atoms with Gasteiger partial charge in [0.25, 0.3) is 0 Å². The maximum Gasteiger partial charge on any atom is 0.0861 e. The van der Waals surface area contributed by atoms with Gasteiger partial charge in [-0.3, -0.25) is 4.68 Å². The van der Waals surface area contributed by atoms with Crippen molar-refractivity contribution >= 4 is 15.9 Å². The highest BCUT2D eigenvalue weighted by Crippen LogP contribution is 2.35. The van der Waals surface area contributed by atoms with Gasteiger partial charge in [-0.2, -0.15) is 5.10 Å². The van der Waals surface area contributed by atoms with Gasteiger partial charge in [0.05, 0.1) is 41.2 Å². The number of ether oxygens (including phenoxy) is 2. The number of nitrogens with one attached hydrogen (secondary N) is 1. The van der Waals surface area contributed by atoms with E-state index in [0.29, 0.717) is 13.2 Å². The fraction of sp³-hybridized carbons (Fsp3) is 0.800. The van der Waals surface area contributed by atoms with Gasteiger partial charge in [0.1, 0.15) is 0 Å². The first-order chi connectivity index (χ1) is 10.0. The predicted octanol–water partition coefficient (Wildman–Crippen LogP) is 3.15. The van der Waals surface area contributed by atoms with Crippen LogP contribution in [0.15, 0.2) is 10.7 Å². The Morgan fingerprint density at radius 3 is 2.67 bits per heavy atom. The van der Waals surface area contributed by atoms with Crippen LogP contribution in [-0.2, 0) is 16.0 Å². The van der Waals surface area contributed by atoms with Crippen molar-refractivity contribution in [1.29, 1.82) is 0 Å². The molecular weight excluding hydrogens is 334 g/mol. The number of hydrogen-bond donors (Lipinski definition) is 1. The van der Waals surface area contributed by atoms with Crippen LogP contribution in [0.3, 0.4) is 0 Å². The molecule has 2 atom stereocenters. The van der Waals surface area contributed by atoms with Gasteiger partial charge in [-0.1, -0.05) is 13.8 Å². The molecular formula is C15H28BrN3O2. The summed E-state index contributed by atoms with van der Waals surface area (Å²) in [5.74, 6) is 0. The van der Waals surface area contributed by atoms with Crippen molar-refractivity contribution in [2.45, 2.75) is 52.3 Å². The van der Waals surface area contributed by atoms with Crippen molar-refractivity contribution in [3.8, 4) is 0 Å². The molecule has 0 radical (unpaired) electrons. The van der Waals surface area contributed by atoms with E-state index in [1.54, 1.807) is 7.11 Å². The maximum absolute atomic E-state index is 6.08. The van der Waals surface area contributed by atoms with E-state index in [4.69, 9.17) is 9.47 Å². The molecule has 1 aromatic heterocycles. The standard InChI is InChI=1S/C15H28BrN3O2/c1-6-15(4,21-8-3)14(17-7-2)13-12(16)11-18-19(13)9-10-20-5/h11,14,17H,6-10H2,1-5H3. The quantitative estimate of drug-likeness (QED) is 0.695. The highest BCUT2D eigenvalue weighted by atomic mass is 79.9. The van der Waals surface area contributed by atoms with Crippen LogP contribution in [0.25, 0.3) is 0 Å². The molecule has 0 aliphatic rings. The van der Waals surface area contributed by atoms with Crippen molar-refractivity contribution in [2.75, 3.05) is 26.9 Å². The third-order valence-corrected chi connectivity index (χ3v) is 4.42. The zero-order chi connectivity index (χ0) is 15.9. The van der Waals surface area contributed by atoms with Crippen LogP contribution in [0.2, 0.25) is 0 Å². The molecule has 21 heavy (non-hydrogen) atoms. The Kier molecular flexibility index (Phi) is 7.87. The number of halogens is 1. The Bertz CT molecular complexity index is 425. The summed E-state index contributed by atoms with van der Waals surface area (Å²) >= 11 is 3.63. The Morgan fingerprint density at radius 2 is 2.14 bits per heavy atom. The van der Waals surface area contributed by atoms with E-state index in [2.05, 4.69) is 47.1 Å². The number of aromatic nitrogens is 2. The second-order valence-corrected chi connectivity index (χ2v) is 6.04. The van der Waals surface area contributed by atoms with E-state index in [9.17, 15) is 0 Å². The molecule has 0 bridgehead atoms. The smallest absolute Gasteiger partial charge is 0.0861 e. The molecule has 6 heteroatoms. The summed E-state index contributed by atoms with van der Waals surface area (Å²) in [5, 5.41) is 8.02. The summed E-state index contributed by atoms with van der Waals surface area (Å²) in [5.41, 5.74) is 0.838. The second kappa shape index (κ2) is 8.88. The minimum atomic E-state index is -0.280. The molecule has 0 aliphatic heterocycles. The van der Waals surface area contributed by atoms with E-state index < -0.39 is 0 Å². The molecule has 1 aromatic rings. The topological polar surface area (TPSA) is 48.3 Å². The van der Waals surface area contributed by atoms with E-state index in [-0.39, 0.29) is 11.6 Å². The molecule has 0 spiro atoms. The number of rotatable bonds is 10. The Morgan fingerprint density at radius 1 is 1.43 bits per heavy atom. The highest BCUT2D eigenvalue weighted by molar-refractivity contribution is 9.10. The molecule has 122 valence electrons. The van der Waals surface area contributed by atoms with Crippen molar-refractivity contribution in [2.24, 2.45) is 0 Å². The van der Waals surface area contributed by atoms with E-state index in [0.717, 1.165) is 29.7 Å². The second-order valence-electron chi connectivity index (χ2n) is 5.18. The first-order valence-electron chi connectivity index (χ1n) is 7.61. The maximum atomic E-state index is 6.08. The van der Waals surface area contributed by atoms with Crippen LogP contribution in [0, 0.1) is 0 Å². The van der Waals surface area contributed by atoms with E-state index in [1.165, 1.54) is 0 Å². The molecule has 0 saturated heterocycles. The third kappa shape index (κ3) is 4.52. The zero-order valence-corrected chi connectivity index (χ0v) is 15.4. The minimum Gasteiger partial charge on any atom is -0.383 e. The van der Waals surface area contributed by atoms with Crippen LogP contribution >= 0.6 is 15.9 Å². The molecule has 2 unspecified atom stereocenters. The Balaban J connectivity index is 3.18. The van der Waals surface area contributed by atoms with Crippen LogP contribution in [-0.4, -0.2) is 42.2 Å². The van der Waals surface area contributed by atoms with Gasteiger partial charge in [-0.15, -0.1) is 0 Å². The Hall–Kier alpha value is -0.430. The molecule has 0 aliphatic carbocycles. The van der Waals surface area contributed by atoms with Crippen molar-refractivity contribution in [3.63, 3.8) is 0 Å². The van der Waals surface area contributed by atoms with Crippen LogP contribution in [0.5, 0.6) is 0 Å². The first kappa shape index (κ1) is 18.6.